The molecule has 1 fully saturated rings. The fraction of sp³-hybridized carbons (Fsp3) is 0.818. The van der Waals surface area contributed by atoms with Crippen LogP contribution in [-0.4, -0.2) is 41.1 Å². The molecule has 0 saturated heterocycles. The topological polar surface area (TPSA) is 55.6 Å². The molecule has 5 heteroatoms. The van der Waals surface area contributed by atoms with Gasteiger partial charge in [-0.2, -0.15) is 0 Å². The molecular weight excluding hydrogens is 224 g/mol. The van der Waals surface area contributed by atoms with Crippen molar-refractivity contribution in [1.29, 1.82) is 0 Å². The number of thiocarbonyl (C=S) groups is 1. The zero-order valence-corrected chi connectivity index (χ0v) is 10.8. The second-order valence-corrected chi connectivity index (χ2v) is 4.98. The van der Waals surface area contributed by atoms with E-state index in [1.807, 2.05) is 13.8 Å². The van der Waals surface area contributed by atoms with Crippen LogP contribution in [0.4, 0.5) is 0 Å². The maximum Gasteiger partial charge on any atom is 0.320 e. The first-order chi connectivity index (χ1) is 7.49. The lowest BCUT2D eigenvalue weighted by molar-refractivity contribution is -0.148. The quantitative estimate of drug-likeness (QED) is 0.536. The van der Waals surface area contributed by atoms with Gasteiger partial charge in [0, 0.05) is 19.0 Å². The van der Waals surface area contributed by atoms with Crippen molar-refractivity contribution < 1.29 is 9.53 Å². The Morgan fingerprint density at radius 3 is 2.62 bits per heavy atom. The van der Waals surface area contributed by atoms with E-state index in [0.29, 0.717) is 24.0 Å². The molecule has 2 N–H and O–H groups in total. The highest BCUT2D eigenvalue weighted by molar-refractivity contribution is 7.80. The molecule has 1 aliphatic rings. The molecular formula is C11H20N2O2S. The zero-order valence-electron chi connectivity index (χ0n) is 9.94. The first kappa shape index (κ1) is 13.4. The molecule has 0 spiro atoms. The van der Waals surface area contributed by atoms with Gasteiger partial charge in [0.25, 0.3) is 0 Å². The Bertz CT molecular complexity index is 265. The molecule has 0 unspecified atom stereocenters. The third kappa shape index (κ3) is 5.42. The average molecular weight is 244 g/mol. The Balaban J connectivity index is 2.32. The van der Waals surface area contributed by atoms with Crippen molar-refractivity contribution in [3.63, 3.8) is 0 Å². The predicted molar refractivity (Wildman–Crippen MR) is 67.2 cm³/mol. The number of hydrogen-bond donors (Lipinski definition) is 1. The summed E-state index contributed by atoms with van der Waals surface area (Å²) in [6, 6.07) is 0.522. The van der Waals surface area contributed by atoms with Crippen molar-refractivity contribution in [3.05, 3.63) is 0 Å². The molecule has 0 heterocycles. The van der Waals surface area contributed by atoms with E-state index in [0.717, 1.165) is 19.4 Å². The van der Waals surface area contributed by atoms with Crippen molar-refractivity contribution in [1.82, 2.24) is 4.90 Å². The molecule has 1 saturated carbocycles. The number of nitrogens with zero attached hydrogens (tertiary/aromatic N) is 1. The van der Waals surface area contributed by atoms with Gasteiger partial charge in [-0.15, -0.1) is 0 Å². The number of ether oxygens (including phenoxy) is 1. The van der Waals surface area contributed by atoms with E-state index < -0.39 is 0 Å². The summed E-state index contributed by atoms with van der Waals surface area (Å²) in [6.07, 6.45) is 2.93. The number of hydrogen-bond acceptors (Lipinski definition) is 4. The summed E-state index contributed by atoms with van der Waals surface area (Å²) in [4.78, 5) is 14.1. The summed E-state index contributed by atoms with van der Waals surface area (Å²) in [7, 11) is 0. The summed E-state index contributed by atoms with van der Waals surface area (Å²) >= 11 is 4.84. The van der Waals surface area contributed by atoms with E-state index in [1.54, 1.807) is 0 Å². The average Bonchev–Trinajstić information content (AvgIpc) is 2.93. The third-order valence-electron chi connectivity index (χ3n) is 2.41. The van der Waals surface area contributed by atoms with E-state index in [4.69, 9.17) is 22.7 Å². The Morgan fingerprint density at radius 1 is 1.56 bits per heavy atom. The molecule has 0 bridgehead atoms. The van der Waals surface area contributed by atoms with Crippen LogP contribution in [0.15, 0.2) is 0 Å². The van der Waals surface area contributed by atoms with E-state index in [1.165, 1.54) is 0 Å². The fourth-order valence-corrected chi connectivity index (χ4v) is 1.64. The third-order valence-corrected chi connectivity index (χ3v) is 2.61. The molecule has 4 nitrogen and oxygen atoms in total. The highest BCUT2D eigenvalue weighted by Crippen LogP contribution is 2.26. The molecule has 0 amide bonds. The van der Waals surface area contributed by atoms with Gasteiger partial charge in [0.05, 0.1) is 17.6 Å². The second kappa shape index (κ2) is 6.15. The van der Waals surface area contributed by atoms with Gasteiger partial charge in [-0.1, -0.05) is 12.2 Å². The van der Waals surface area contributed by atoms with Gasteiger partial charge in [0.1, 0.15) is 0 Å². The maximum atomic E-state index is 11.5. The molecule has 0 aromatic carbocycles. The van der Waals surface area contributed by atoms with E-state index in [2.05, 4.69) is 4.90 Å². The van der Waals surface area contributed by atoms with Crippen molar-refractivity contribution in [2.24, 2.45) is 5.73 Å². The van der Waals surface area contributed by atoms with Gasteiger partial charge in [0.15, 0.2) is 0 Å². The van der Waals surface area contributed by atoms with Crippen LogP contribution in [-0.2, 0) is 9.53 Å². The van der Waals surface area contributed by atoms with Crippen molar-refractivity contribution in [2.45, 2.75) is 45.3 Å². The minimum absolute atomic E-state index is 0.0517. The van der Waals surface area contributed by atoms with Gasteiger partial charge in [0.2, 0.25) is 0 Å². The second-order valence-electron chi connectivity index (χ2n) is 4.46. The highest BCUT2D eigenvalue weighted by atomic mass is 32.1. The van der Waals surface area contributed by atoms with Crippen LogP contribution in [0.1, 0.15) is 33.1 Å². The summed E-state index contributed by atoms with van der Waals surface area (Å²) in [5, 5.41) is 0. The van der Waals surface area contributed by atoms with Crippen LogP contribution in [0, 0.1) is 0 Å². The van der Waals surface area contributed by atoms with E-state index >= 15 is 0 Å². The number of nitrogens with two attached hydrogens (primary N) is 1. The molecule has 1 rings (SSSR count). The van der Waals surface area contributed by atoms with Gasteiger partial charge < -0.3 is 10.5 Å². The van der Waals surface area contributed by atoms with Crippen molar-refractivity contribution in [2.75, 3.05) is 13.1 Å². The molecule has 16 heavy (non-hydrogen) atoms. The number of carbonyl (C=O) groups is 1. The lowest BCUT2D eigenvalue weighted by Gasteiger charge is -2.21. The summed E-state index contributed by atoms with van der Waals surface area (Å²) in [6.45, 7) is 4.82. The van der Waals surface area contributed by atoms with Gasteiger partial charge in [-0.25, -0.2) is 0 Å². The molecule has 1 aliphatic carbocycles. The summed E-state index contributed by atoms with van der Waals surface area (Å²) in [5.74, 6) is -0.162. The van der Waals surface area contributed by atoms with Crippen LogP contribution in [0.25, 0.3) is 0 Å². The van der Waals surface area contributed by atoms with Crippen molar-refractivity contribution >= 4 is 23.2 Å². The van der Waals surface area contributed by atoms with E-state index in [9.17, 15) is 4.79 Å². The predicted octanol–water partition coefficient (Wildman–Crippen LogP) is 1.08. The fourth-order valence-electron chi connectivity index (χ4n) is 1.55. The van der Waals surface area contributed by atoms with Crippen LogP contribution in [0.2, 0.25) is 0 Å². The van der Waals surface area contributed by atoms with Crippen LogP contribution in [0.3, 0.4) is 0 Å². The minimum atomic E-state index is -0.162. The zero-order chi connectivity index (χ0) is 12.1. The largest absolute Gasteiger partial charge is 0.462 e. The number of esters is 1. The minimum Gasteiger partial charge on any atom is -0.462 e. The monoisotopic (exact) mass is 244 g/mol. The van der Waals surface area contributed by atoms with Crippen LogP contribution in [0.5, 0.6) is 0 Å². The van der Waals surface area contributed by atoms with Crippen LogP contribution >= 0.6 is 12.2 Å². The van der Waals surface area contributed by atoms with E-state index in [-0.39, 0.29) is 12.1 Å². The number of carbonyl (C=O) groups excluding carboxylic acids is 1. The standard InChI is InChI=1S/C11H20N2O2S/c1-8(2)15-11(14)7-13(9-3-4-9)6-5-10(12)16/h8-9H,3-7H2,1-2H3,(H2,12,16). The molecule has 92 valence electrons. The Morgan fingerprint density at radius 2 is 2.19 bits per heavy atom. The lowest BCUT2D eigenvalue weighted by Crippen LogP contribution is -2.35. The molecule has 0 aromatic rings. The van der Waals surface area contributed by atoms with Gasteiger partial charge in [-0.3, -0.25) is 9.69 Å². The van der Waals surface area contributed by atoms with Gasteiger partial charge >= 0.3 is 5.97 Å². The van der Waals surface area contributed by atoms with Gasteiger partial charge in [-0.05, 0) is 26.7 Å². The SMILES string of the molecule is CC(C)OC(=O)CN(CCC(N)=S)C1CC1. The lowest BCUT2D eigenvalue weighted by atomic mass is 10.3. The molecule has 0 atom stereocenters. The summed E-state index contributed by atoms with van der Waals surface area (Å²) < 4.78 is 5.12. The first-order valence-electron chi connectivity index (χ1n) is 5.71. The smallest absolute Gasteiger partial charge is 0.320 e. The highest BCUT2D eigenvalue weighted by Gasteiger charge is 2.30. The Kier molecular flexibility index (Phi) is 5.15. The molecule has 0 radical (unpaired) electrons. The maximum absolute atomic E-state index is 11.5. The first-order valence-corrected chi connectivity index (χ1v) is 6.11. The van der Waals surface area contributed by atoms with Crippen molar-refractivity contribution in [3.8, 4) is 0 Å². The Labute approximate surface area is 102 Å². The normalized spacial score (nSPS) is 15.5. The molecule has 0 aliphatic heterocycles. The summed E-state index contributed by atoms with van der Waals surface area (Å²) in [5.41, 5.74) is 5.46. The Hall–Kier alpha value is -0.680. The van der Waals surface area contributed by atoms with Crippen LogP contribution < -0.4 is 5.73 Å². The molecule has 0 aromatic heterocycles. The number of rotatable bonds is 7.